The minimum absolute atomic E-state index is 0.130. The summed E-state index contributed by atoms with van der Waals surface area (Å²) >= 11 is 0. The summed E-state index contributed by atoms with van der Waals surface area (Å²) < 4.78 is 10.7. The normalized spacial score (nSPS) is 24.4. The van der Waals surface area contributed by atoms with Gasteiger partial charge in [0.15, 0.2) is 11.5 Å². The molecule has 0 radical (unpaired) electrons. The van der Waals surface area contributed by atoms with Gasteiger partial charge in [0, 0.05) is 12.5 Å². The Hall–Kier alpha value is -2.77. The average Bonchev–Trinajstić information content (AvgIpc) is 3.10. The highest BCUT2D eigenvalue weighted by Gasteiger charge is 2.48. The number of nitrogens with zero attached hydrogens (tertiary/aromatic N) is 1. The molecule has 1 saturated carbocycles. The molecule has 1 unspecified atom stereocenters. The molecule has 29 heavy (non-hydrogen) atoms. The Labute approximate surface area is 169 Å². The fourth-order valence-corrected chi connectivity index (χ4v) is 4.31. The van der Waals surface area contributed by atoms with Crippen LogP contribution in [-0.2, 0) is 16.0 Å². The van der Waals surface area contributed by atoms with Gasteiger partial charge < -0.3 is 20.1 Å². The van der Waals surface area contributed by atoms with Crippen molar-refractivity contribution in [3.05, 3.63) is 23.8 Å². The van der Waals surface area contributed by atoms with E-state index < -0.39 is 17.5 Å². The first-order valence-corrected chi connectivity index (χ1v) is 10.3. The van der Waals surface area contributed by atoms with Crippen LogP contribution >= 0.6 is 0 Å². The van der Waals surface area contributed by atoms with E-state index in [1.54, 1.807) is 13.0 Å². The van der Waals surface area contributed by atoms with E-state index in [4.69, 9.17) is 9.47 Å². The summed E-state index contributed by atoms with van der Waals surface area (Å²) in [6, 6.07) is 5.05. The van der Waals surface area contributed by atoms with Gasteiger partial charge >= 0.3 is 6.03 Å². The van der Waals surface area contributed by atoms with Crippen LogP contribution in [0.4, 0.5) is 4.79 Å². The number of hydrogen-bond donors (Lipinski definition) is 2. The summed E-state index contributed by atoms with van der Waals surface area (Å²) in [6.07, 6.45) is 6.79. The molecule has 8 heteroatoms. The van der Waals surface area contributed by atoms with Crippen LogP contribution in [0, 0.1) is 0 Å². The fourth-order valence-electron chi connectivity index (χ4n) is 4.31. The van der Waals surface area contributed by atoms with Gasteiger partial charge in [-0.2, -0.15) is 0 Å². The molecule has 0 bridgehead atoms. The lowest BCUT2D eigenvalue weighted by molar-refractivity contribution is -0.134. The number of nitrogens with one attached hydrogen (secondary N) is 2. The molecule has 1 atom stereocenters. The van der Waals surface area contributed by atoms with E-state index in [2.05, 4.69) is 10.6 Å². The SMILES string of the molecule is CC1(Cc2ccc3c(c2)OCO3)NC(=O)N(CC(=O)NC2CCCCCC2)C1=O. The van der Waals surface area contributed by atoms with E-state index in [0.29, 0.717) is 17.9 Å². The predicted molar refractivity (Wildman–Crippen MR) is 105 cm³/mol. The number of hydrogen-bond acceptors (Lipinski definition) is 5. The van der Waals surface area contributed by atoms with E-state index in [1.165, 1.54) is 12.8 Å². The molecule has 0 aromatic heterocycles. The van der Waals surface area contributed by atoms with Gasteiger partial charge in [0.2, 0.25) is 12.7 Å². The van der Waals surface area contributed by atoms with Gasteiger partial charge in [0.25, 0.3) is 5.91 Å². The molecule has 156 valence electrons. The quantitative estimate of drug-likeness (QED) is 0.582. The third-order valence-electron chi connectivity index (χ3n) is 5.86. The number of ether oxygens (including phenoxy) is 2. The van der Waals surface area contributed by atoms with Gasteiger partial charge in [-0.25, -0.2) is 4.79 Å². The smallest absolute Gasteiger partial charge is 0.325 e. The molecular formula is C21H27N3O5. The van der Waals surface area contributed by atoms with Crippen molar-refractivity contribution in [2.75, 3.05) is 13.3 Å². The maximum atomic E-state index is 13.0. The highest BCUT2D eigenvalue weighted by molar-refractivity contribution is 6.09. The minimum atomic E-state index is -1.10. The van der Waals surface area contributed by atoms with Crippen LogP contribution in [0.2, 0.25) is 0 Å². The second-order valence-electron chi connectivity index (χ2n) is 8.27. The Morgan fingerprint density at radius 2 is 1.90 bits per heavy atom. The molecule has 1 aromatic rings. The van der Waals surface area contributed by atoms with Crippen molar-refractivity contribution in [3.8, 4) is 11.5 Å². The van der Waals surface area contributed by atoms with Gasteiger partial charge in [-0.1, -0.05) is 31.7 Å². The van der Waals surface area contributed by atoms with Crippen molar-refractivity contribution in [1.82, 2.24) is 15.5 Å². The molecule has 1 aliphatic carbocycles. The molecule has 2 N–H and O–H groups in total. The van der Waals surface area contributed by atoms with Gasteiger partial charge in [-0.15, -0.1) is 0 Å². The molecule has 2 fully saturated rings. The lowest BCUT2D eigenvalue weighted by atomic mass is 9.92. The highest BCUT2D eigenvalue weighted by Crippen LogP contribution is 2.34. The molecule has 1 saturated heterocycles. The Morgan fingerprint density at radius 3 is 2.66 bits per heavy atom. The van der Waals surface area contributed by atoms with E-state index in [0.717, 1.165) is 36.1 Å². The van der Waals surface area contributed by atoms with Crippen molar-refractivity contribution in [2.45, 2.75) is 63.5 Å². The molecule has 8 nitrogen and oxygen atoms in total. The third-order valence-corrected chi connectivity index (χ3v) is 5.86. The van der Waals surface area contributed by atoms with Crippen LogP contribution in [0.5, 0.6) is 11.5 Å². The average molecular weight is 401 g/mol. The van der Waals surface area contributed by atoms with E-state index in [1.807, 2.05) is 12.1 Å². The standard InChI is InChI=1S/C21H27N3O5/c1-21(11-14-8-9-16-17(10-14)29-13-28-16)19(26)24(20(27)23-21)12-18(25)22-15-6-4-2-3-5-7-15/h8-10,15H,2-7,11-13H2,1H3,(H,22,25)(H,23,27). The number of urea groups is 1. The van der Waals surface area contributed by atoms with Crippen molar-refractivity contribution in [1.29, 1.82) is 0 Å². The van der Waals surface area contributed by atoms with E-state index in [9.17, 15) is 14.4 Å². The summed E-state index contributed by atoms with van der Waals surface area (Å²) in [4.78, 5) is 38.9. The molecule has 3 aliphatic rings. The summed E-state index contributed by atoms with van der Waals surface area (Å²) in [6.45, 7) is 1.61. The molecule has 1 aromatic carbocycles. The lowest BCUT2D eigenvalue weighted by Crippen LogP contribution is -2.47. The van der Waals surface area contributed by atoms with Crippen LogP contribution in [0.3, 0.4) is 0 Å². The van der Waals surface area contributed by atoms with Crippen LogP contribution in [0.1, 0.15) is 51.0 Å². The summed E-state index contributed by atoms with van der Waals surface area (Å²) in [7, 11) is 0. The first kappa shape index (κ1) is 19.5. The zero-order chi connectivity index (χ0) is 20.4. The first-order valence-electron chi connectivity index (χ1n) is 10.3. The van der Waals surface area contributed by atoms with Crippen molar-refractivity contribution in [3.63, 3.8) is 0 Å². The lowest BCUT2D eigenvalue weighted by Gasteiger charge is -2.22. The molecule has 2 aliphatic heterocycles. The third kappa shape index (κ3) is 4.16. The monoisotopic (exact) mass is 401 g/mol. The number of imide groups is 1. The Bertz CT molecular complexity index is 819. The molecule has 0 spiro atoms. The molecule has 4 amide bonds. The summed E-state index contributed by atoms with van der Waals surface area (Å²) in [5, 5.41) is 5.74. The maximum Gasteiger partial charge on any atom is 0.325 e. The molecule has 2 heterocycles. The largest absolute Gasteiger partial charge is 0.454 e. The summed E-state index contributed by atoms with van der Waals surface area (Å²) in [5.74, 6) is 0.615. The van der Waals surface area contributed by atoms with Crippen LogP contribution in [0.25, 0.3) is 0 Å². The van der Waals surface area contributed by atoms with E-state index in [-0.39, 0.29) is 25.3 Å². The number of fused-ring (bicyclic) bond motifs is 1. The Balaban J connectivity index is 1.39. The molecular weight excluding hydrogens is 374 g/mol. The van der Waals surface area contributed by atoms with Crippen molar-refractivity contribution in [2.24, 2.45) is 0 Å². The summed E-state index contributed by atoms with van der Waals surface area (Å²) in [5.41, 5.74) is -0.261. The predicted octanol–water partition coefficient (Wildman–Crippen LogP) is 2.11. The number of carbonyl (C=O) groups excluding carboxylic acids is 3. The first-order chi connectivity index (χ1) is 13.9. The second-order valence-corrected chi connectivity index (χ2v) is 8.27. The molecule has 4 rings (SSSR count). The number of amides is 4. The van der Waals surface area contributed by atoms with Gasteiger partial charge in [0.05, 0.1) is 0 Å². The van der Waals surface area contributed by atoms with Gasteiger partial charge in [0.1, 0.15) is 12.1 Å². The second kappa shape index (κ2) is 7.93. The number of carbonyl (C=O) groups is 3. The van der Waals surface area contributed by atoms with Gasteiger partial charge in [-0.05, 0) is 37.5 Å². The van der Waals surface area contributed by atoms with Crippen LogP contribution in [0.15, 0.2) is 18.2 Å². The van der Waals surface area contributed by atoms with Crippen molar-refractivity contribution >= 4 is 17.8 Å². The highest BCUT2D eigenvalue weighted by atomic mass is 16.7. The van der Waals surface area contributed by atoms with E-state index >= 15 is 0 Å². The zero-order valence-electron chi connectivity index (χ0n) is 16.7. The Morgan fingerprint density at radius 1 is 1.17 bits per heavy atom. The maximum absolute atomic E-state index is 13.0. The van der Waals surface area contributed by atoms with Gasteiger partial charge in [-0.3, -0.25) is 14.5 Å². The van der Waals surface area contributed by atoms with Crippen molar-refractivity contribution < 1.29 is 23.9 Å². The Kier molecular flexibility index (Phi) is 5.34. The van der Waals surface area contributed by atoms with Crippen LogP contribution in [-0.4, -0.2) is 47.7 Å². The topological polar surface area (TPSA) is 97.0 Å². The number of benzene rings is 1. The van der Waals surface area contributed by atoms with Crippen LogP contribution < -0.4 is 20.1 Å². The minimum Gasteiger partial charge on any atom is -0.454 e. The fraction of sp³-hybridized carbons (Fsp3) is 0.571. The zero-order valence-corrected chi connectivity index (χ0v) is 16.7. The number of rotatable bonds is 5.